The fourth-order valence-corrected chi connectivity index (χ4v) is 1.21. The Morgan fingerprint density at radius 1 is 0.971 bits per heavy atom. The molecule has 0 bridgehead atoms. The van der Waals surface area contributed by atoms with Crippen molar-refractivity contribution in [2.45, 2.75) is 33.2 Å². The van der Waals surface area contributed by atoms with Crippen molar-refractivity contribution >= 4 is 21.7 Å². The van der Waals surface area contributed by atoms with E-state index >= 15 is 0 Å². The van der Waals surface area contributed by atoms with E-state index in [2.05, 4.69) is 18.5 Å². The summed E-state index contributed by atoms with van der Waals surface area (Å²) in [4.78, 5) is 20.0. The summed E-state index contributed by atoms with van der Waals surface area (Å²) < 4.78 is 66.4. The van der Waals surface area contributed by atoms with Gasteiger partial charge in [0.1, 0.15) is 0 Å². The first-order valence-corrected chi connectivity index (χ1v) is 9.69. The summed E-state index contributed by atoms with van der Waals surface area (Å²) in [7, 11) is -4.38. The summed E-state index contributed by atoms with van der Waals surface area (Å²) in [6.07, 6.45) is 2.11. The van der Waals surface area contributed by atoms with Gasteiger partial charge in [-0.05, 0) is 33.0 Å². The van der Waals surface area contributed by atoms with E-state index in [1.807, 2.05) is 30.3 Å². The molecule has 0 amide bonds. The summed E-state index contributed by atoms with van der Waals surface area (Å²) in [6.45, 7) is 12.7. The van der Waals surface area contributed by atoms with Gasteiger partial charge in [-0.1, -0.05) is 19.9 Å². The average molecular weight is 677 g/mol. The summed E-state index contributed by atoms with van der Waals surface area (Å²) in [5, 5.41) is 23.7. The standard InChI is InChI=1S/C8H8N.2C5H8O2.CHF3O3S.CO.W/c1-9-7-8-5-3-2-4-6-8;2*1-4(6)3-5(2)7;2-1(3,4)8(5,6)7;1-2;/h2-6H,1H3;2*3,6H,1-2H3;(H,5,6,7);;/q-1;;;;;/p-3/b;2*4-3+;;;. The van der Waals surface area contributed by atoms with Crippen molar-refractivity contribution in [3.8, 4) is 0 Å². The van der Waals surface area contributed by atoms with Gasteiger partial charge < -0.3 is 14.8 Å². The number of rotatable bonds is 4. The van der Waals surface area contributed by atoms with Gasteiger partial charge in [0.05, 0.1) is 0 Å². The fourth-order valence-electron chi connectivity index (χ4n) is 1.21. The van der Waals surface area contributed by atoms with Gasteiger partial charge in [-0.15, -0.1) is 30.2 Å². The molecule has 9 nitrogen and oxygen atoms in total. The van der Waals surface area contributed by atoms with Crippen LogP contribution < -0.4 is 15.5 Å². The van der Waals surface area contributed by atoms with Crippen molar-refractivity contribution in [3.63, 3.8) is 0 Å². The topological polar surface area (TPSA) is 171 Å². The summed E-state index contributed by atoms with van der Waals surface area (Å²) in [6, 6.07) is 9.84. The second kappa shape index (κ2) is 23.7. The molecule has 34 heavy (non-hydrogen) atoms. The summed E-state index contributed by atoms with van der Waals surface area (Å²) in [5.74, 6) is -0.750. The molecule has 2 radical (unpaired) electrons. The van der Waals surface area contributed by atoms with Crippen LogP contribution in [0.25, 0.3) is 0 Å². The molecule has 0 unspecified atom stereocenters. The molecule has 0 aromatic heterocycles. The molecule has 14 heteroatoms. The van der Waals surface area contributed by atoms with E-state index in [9.17, 15) is 33.0 Å². The number of alkyl halides is 3. The van der Waals surface area contributed by atoms with Gasteiger partial charge in [0, 0.05) is 21.1 Å². The molecule has 0 aliphatic carbocycles. The molecule has 0 spiro atoms. The van der Waals surface area contributed by atoms with Crippen LogP contribution in [-0.2, 0) is 45.4 Å². The Bertz CT molecular complexity index is 833. The molecule has 0 heterocycles. The second-order valence-electron chi connectivity index (χ2n) is 5.33. The first-order valence-electron chi connectivity index (χ1n) is 8.28. The van der Waals surface area contributed by atoms with Crippen LogP contribution in [-0.4, -0.2) is 37.1 Å². The average Bonchev–Trinajstić information content (AvgIpc) is 2.62. The summed E-state index contributed by atoms with van der Waals surface area (Å²) in [5.41, 5.74) is -4.62. The molecule has 0 fully saturated rings. The van der Waals surface area contributed by atoms with Crippen molar-refractivity contribution in [2.75, 3.05) is 7.05 Å². The molecule has 0 aliphatic rings. The van der Waals surface area contributed by atoms with E-state index in [1.54, 1.807) is 7.05 Å². The number of benzene rings is 1. The molecular formula is C20H22F3NO8SW-4. The number of hydrogen-bond donors (Lipinski definition) is 0. The number of hydrogen-bond acceptors (Lipinski definition) is 7. The van der Waals surface area contributed by atoms with Gasteiger partial charge in [0.15, 0.2) is 21.7 Å². The fraction of sp³-hybridized carbons (Fsp3) is 0.300. The van der Waals surface area contributed by atoms with E-state index < -0.39 is 15.6 Å². The van der Waals surface area contributed by atoms with Crippen LogP contribution in [0.3, 0.4) is 0 Å². The number of carbonyl (C=O) groups excluding carboxylic acids is 2. The molecule has 0 saturated carbocycles. The van der Waals surface area contributed by atoms with Crippen LogP contribution in [0, 0.1) is 13.2 Å². The second-order valence-corrected chi connectivity index (χ2v) is 6.70. The van der Waals surface area contributed by atoms with Crippen molar-refractivity contribution in [2.24, 2.45) is 0 Å². The maximum atomic E-state index is 10.7. The maximum Gasteiger partial charge on any atom is 0 e. The van der Waals surface area contributed by atoms with E-state index in [0.29, 0.717) is 0 Å². The van der Waals surface area contributed by atoms with Crippen molar-refractivity contribution in [1.29, 1.82) is 0 Å². The van der Waals surface area contributed by atoms with Gasteiger partial charge in [-0.2, -0.15) is 30.9 Å². The minimum atomic E-state index is -6.09. The minimum absolute atomic E-state index is 0. The van der Waals surface area contributed by atoms with Gasteiger partial charge in [0.2, 0.25) is 0 Å². The third-order valence-corrected chi connectivity index (χ3v) is 2.68. The van der Waals surface area contributed by atoms with Gasteiger partial charge in [0.25, 0.3) is 0 Å². The van der Waals surface area contributed by atoms with Crippen LogP contribution in [0.1, 0.15) is 33.3 Å². The maximum absolute atomic E-state index is 10.7. The van der Waals surface area contributed by atoms with Crippen LogP contribution in [0.2, 0.25) is 0 Å². The normalized spacial score (nSPS) is 10.4. The first-order chi connectivity index (χ1) is 14.9. The largest absolute Gasteiger partial charge is 0 e. The smallest absolute Gasteiger partial charge is 0 e. The van der Waals surface area contributed by atoms with Crippen LogP contribution in [0.15, 0.2) is 54.0 Å². The number of allylic oxidation sites excluding steroid dienone is 4. The van der Waals surface area contributed by atoms with Crippen molar-refractivity contribution < 1.29 is 71.7 Å². The number of nitrogens with zero attached hydrogens (tertiary/aromatic N) is 1. The van der Waals surface area contributed by atoms with Gasteiger partial charge >= 0.3 is 16.8 Å². The zero-order valence-electron chi connectivity index (χ0n) is 18.7. The Kier molecular flexibility index (Phi) is 29.2. The molecular weight excluding hydrogens is 655 g/mol. The number of carbonyl (C=O) groups is 2. The quantitative estimate of drug-likeness (QED) is 0.114. The molecule has 1 aromatic rings. The Balaban J connectivity index is -0.000000107. The van der Waals surface area contributed by atoms with Crippen molar-refractivity contribution in [1.82, 2.24) is 5.32 Å². The SMILES string of the molecule is CC(=O)/C=C(\C)[O-].CC(=O)/C=C(\C)[O-].C[N][C-]c1ccccc1.O=S(=O)([O-])C(F)(F)F.[C-]#[O+].[W]. The van der Waals surface area contributed by atoms with Gasteiger partial charge in [-0.3, -0.25) is 14.9 Å². The van der Waals surface area contributed by atoms with Crippen LogP contribution in [0.5, 0.6) is 0 Å². The van der Waals surface area contributed by atoms with E-state index in [-0.39, 0.29) is 44.2 Å². The van der Waals surface area contributed by atoms with E-state index in [1.165, 1.54) is 27.7 Å². The third kappa shape index (κ3) is 36.9. The number of ketones is 2. The zero-order chi connectivity index (χ0) is 27.3. The van der Waals surface area contributed by atoms with E-state index in [4.69, 9.17) is 17.6 Å². The predicted molar refractivity (Wildman–Crippen MR) is 105 cm³/mol. The Morgan fingerprint density at radius 2 is 1.26 bits per heavy atom. The zero-order valence-corrected chi connectivity index (χ0v) is 22.5. The molecule has 0 saturated heterocycles. The molecule has 1 rings (SSSR count). The first kappa shape index (κ1) is 41.8. The Hall–Kier alpha value is -2.40. The third-order valence-electron chi connectivity index (χ3n) is 2.11. The molecule has 1 aromatic carbocycles. The molecule has 0 atom stereocenters. The summed E-state index contributed by atoms with van der Waals surface area (Å²) >= 11 is 0. The Morgan fingerprint density at radius 3 is 1.41 bits per heavy atom. The van der Waals surface area contributed by atoms with E-state index in [0.717, 1.165) is 17.7 Å². The molecule has 192 valence electrons. The van der Waals surface area contributed by atoms with Crippen LogP contribution in [0.4, 0.5) is 13.2 Å². The van der Waals surface area contributed by atoms with Crippen molar-refractivity contribution in [3.05, 3.63) is 72.8 Å². The van der Waals surface area contributed by atoms with Crippen LogP contribution >= 0.6 is 0 Å². The Labute approximate surface area is 211 Å². The number of halogens is 3. The predicted octanol–water partition coefficient (Wildman–Crippen LogP) is 0.998. The molecule has 0 aliphatic heterocycles. The minimum Gasteiger partial charge on any atom is 0 e. The molecule has 0 N–H and O–H groups in total. The monoisotopic (exact) mass is 677 g/mol. The van der Waals surface area contributed by atoms with Gasteiger partial charge in [-0.25, -0.2) is 8.42 Å².